The lowest BCUT2D eigenvalue weighted by Crippen LogP contribution is -2.55. The molecule has 288 valence electrons. The maximum atomic E-state index is 15.7. The van der Waals surface area contributed by atoms with E-state index in [9.17, 15) is 66.6 Å². The molecule has 8 N–H and O–H groups in total. The van der Waals surface area contributed by atoms with Crippen molar-refractivity contribution in [1.82, 2.24) is 15.2 Å². The lowest BCUT2D eigenvalue weighted by molar-refractivity contribution is -0.140. The molecule has 2 fully saturated rings. The third-order valence-electron chi connectivity index (χ3n) is 9.44. The first-order chi connectivity index (χ1) is 24.4. The quantitative estimate of drug-likeness (QED) is 0.129. The second-order valence-electron chi connectivity index (χ2n) is 13.0. The second kappa shape index (κ2) is 13.8. The lowest BCUT2D eigenvalue weighted by atomic mass is 9.92. The molecule has 1 aromatic heterocycles. The SMILES string of the molecule is CC(C(=O)NC(=O)[C@H](C)N)N(C(=O)OC(C)(P(=O)(O)O)P(=O)(O)O)[C@H]1[C@@H]2CN(c3nc4c(cc3F)C(=O)C(C(=O)O)CN4c3ccc(F)cc3F)C[C@@H]21. The number of ether oxygens (including phenoxy) is 1. The Kier molecular flexibility index (Phi) is 10.3. The molecule has 53 heavy (non-hydrogen) atoms. The molecule has 3 heterocycles. The van der Waals surface area contributed by atoms with E-state index in [2.05, 4.69) is 4.98 Å². The van der Waals surface area contributed by atoms with Crippen molar-refractivity contribution in [3.63, 3.8) is 0 Å². The summed E-state index contributed by atoms with van der Waals surface area (Å²) in [7, 11) is -11.8. The minimum atomic E-state index is -5.90. The number of pyridine rings is 1. The number of hydrogen-bond donors (Lipinski definition) is 7. The number of fused-ring (bicyclic) bond motifs is 2. The van der Waals surface area contributed by atoms with Crippen molar-refractivity contribution in [2.24, 2.45) is 23.5 Å². The van der Waals surface area contributed by atoms with Crippen LogP contribution in [-0.2, 0) is 28.3 Å². The van der Waals surface area contributed by atoms with Gasteiger partial charge in [0.2, 0.25) is 11.8 Å². The third kappa shape index (κ3) is 7.15. The van der Waals surface area contributed by atoms with Gasteiger partial charge in [0.15, 0.2) is 17.4 Å². The molecule has 5 rings (SSSR count). The standard InChI is InChI=1S/C29H33F3N6O13P2/c1-11(33)25(40)35-26(41)12(2)38(28(44)51-29(3,52(45,46)47)53(48,49)50)21-15-8-36(9-16(15)21)24-19(32)7-14-22(39)17(27(42)43)10-37(23(14)34-24)20-5-4-13(30)6-18(20)31/h4-7,11-12,15-17,21H,8-10,33H2,1-3H3,(H,42,43)(H,35,40,41)(H2,45,46,47)(H2,48,49,50)/t11-,12?,15-,16+,17?,21+/m0/s1. The first kappa shape index (κ1) is 39.8. The number of hydrogen-bond acceptors (Lipinski definition) is 12. The van der Waals surface area contributed by atoms with Crippen LogP contribution in [0.15, 0.2) is 24.3 Å². The Labute approximate surface area is 297 Å². The van der Waals surface area contributed by atoms with Crippen molar-refractivity contribution in [1.29, 1.82) is 0 Å². The van der Waals surface area contributed by atoms with Gasteiger partial charge in [-0.25, -0.2) is 22.9 Å². The van der Waals surface area contributed by atoms with Crippen molar-refractivity contribution in [3.8, 4) is 0 Å². The Morgan fingerprint density at radius 1 is 0.981 bits per heavy atom. The lowest BCUT2D eigenvalue weighted by Gasteiger charge is -2.36. The fourth-order valence-electron chi connectivity index (χ4n) is 6.31. The van der Waals surface area contributed by atoms with Crippen LogP contribution in [0.3, 0.4) is 0 Å². The van der Waals surface area contributed by atoms with Crippen molar-refractivity contribution in [2.45, 2.75) is 44.0 Å². The number of imide groups is 1. The molecule has 6 atom stereocenters. The van der Waals surface area contributed by atoms with E-state index in [1.165, 1.54) is 11.8 Å². The molecule has 1 saturated heterocycles. The molecular weight excluding hydrogens is 759 g/mol. The molecule has 19 nitrogen and oxygen atoms in total. The zero-order chi connectivity index (χ0) is 39.7. The molecule has 3 aliphatic rings. The summed E-state index contributed by atoms with van der Waals surface area (Å²) < 4.78 is 73.4. The van der Waals surface area contributed by atoms with Gasteiger partial charge in [-0.3, -0.25) is 38.5 Å². The van der Waals surface area contributed by atoms with Crippen molar-refractivity contribution in [3.05, 3.63) is 47.3 Å². The number of carbonyl (C=O) groups is 5. The highest BCUT2D eigenvalue weighted by molar-refractivity contribution is 7.72. The molecule has 1 saturated carbocycles. The number of benzene rings is 1. The predicted molar refractivity (Wildman–Crippen MR) is 173 cm³/mol. The third-order valence-corrected chi connectivity index (χ3v) is 13.3. The second-order valence-corrected chi connectivity index (χ2v) is 17.2. The molecule has 1 aromatic carbocycles. The first-order valence-electron chi connectivity index (χ1n) is 15.6. The summed E-state index contributed by atoms with van der Waals surface area (Å²) in [6.45, 7) is 1.70. The van der Waals surface area contributed by atoms with Gasteiger partial charge < -0.3 is 45.0 Å². The fraction of sp³-hybridized carbons (Fsp3) is 0.448. The molecule has 0 bridgehead atoms. The smallest absolute Gasteiger partial charge is 0.412 e. The Hall–Kier alpha value is -4.43. The highest BCUT2D eigenvalue weighted by Gasteiger charge is 2.65. The number of nitrogens with two attached hydrogens (primary N) is 1. The van der Waals surface area contributed by atoms with Crippen LogP contribution in [0.2, 0.25) is 0 Å². The Morgan fingerprint density at radius 3 is 2.08 bits per heavy atom. The van der Waals surface area contributed by atoms with E-state index < -0.39 is 121 Å². The number of aromatic nitrogens is 1. The van der Waals surface area contributed by atoms with Crippen LogP contribution in [0.1, 0.15) is 31.1 Å². The summed E-state index contributed by atoms with van der Waals surface area (Å²) >= 11 is 0. The number of nitrogens with one attached hydrogen (secondary N) is 1. The van der Waals surface area contributed by atoms with Crippen molar-refractivity contribution < 1.29 is 75.7 Å². The Bertz CT molecular complexity index is 1980. The molecule has 2 unspecified atom stereocenters. The van der Waals surface area contributed by atoms with Crippen LogP contribution in [0.5, 0.6) is 0 Å². The van der Waals surface area contributed by atoms with E-state index in [1.807, 2.05) is 5.32 Å². The minimum Gasteiger partial charge on any atom is -0.481 e. The normalized spacial score (nSPS) is 22.4. The first-order valence-corrected chi connectivity index (χ1v) is 18.8. The van der Waals surface area contributed by atoms with E-state index in [0.717, 1.165) is 30.0 Å². The van der Waals surface area contributed by atoms with Crippen LogP contribution in [0.25, 0.3) is 0 Å². The summed E-state index contributed by atoms with van der Waals surface area (Å²) in [4.78, 5) is 110. The number of aliphatic carboxylic acids is 1. The largest absolute Gasteiger partial charge is 0.481 e. The van der Waals surface area contributed by atoms with E-state index >= 15 is 4.39 Å². The monoisotopic (exact) mass is 792 g/mol. The van der Waals surface area contributed by atoms with Gasteiger partial charge in [-0.1, -0.05) is 0 Å². The van der Waals surface area contributed by atoms with Gasteiger partial charge in [-0.15, -0.1) is 0 Å². The van der Waals surface area contributed by atoms with Crippen LogP contribution < -0.4 is 20.9 Å². The number of nitrogens with zero attached hydrogens (tertiary/aromatic N) is 4. The number of anilines is 3. The number of carboxylic acids is 1. The van der Waals surface area contributed by atoms with E-state index in [0.29, 0.717) is 17.9 Å². The van der Waals surface area contributed by atoms with E-state index in [4.69, 9.17) is 10.5 Å². The topological polar surface area (TPSA) is 291 Å². The highest BCUT2D eigenvalue weighted by Crippen LogP contribution is 2.69. The summed E-state index contributed by atoms with van der Waals surface area (Å²) in [5.41, 5.74) is 4.63. The van der Waals surface area contributed by atoms with Crippen molar-refractivity contribution in [2.75, 3.05) is 29.4 Å². The number of amides is 3. The number of ketones is 1. The molecule has 3 amide bonds. The van der Waals surface area contributed by atoms with Crippen LogP contribution in [0, 0.1) is 35.2 Å². The summed E-state index contributed by atoms with van der Waals surface area (Å²) in [6, 6.07) is -0.790. The van der Waals surface area contributed by atoms with Crippen LogP contribution >= 0.6 is 15.2 Å². The molecule has 2 aromatic rings. The van der Waals surface area contributed by atoms with E-state index in [1.54, 1.807) is 0 Å². The Balaban J connectivity index is 1.47. The van der Waals surface area contributed by atoms with Crippen LogP contribution in [0.4, 0.5) is 35.3 Å². The molecule has 1 aliphatic carbocycles. The van der Waals surface area contributed by atoms with Gasteiger partial charge in [0.05, 0.1) is 17.3 Å². The summed E-state index contributed by atoms with van der Waals surface area (Å²) in [5.74, 6) is -11.8. The zero-order valence-corrected chi connectivity index (χ0v) is 29.6. The molecular formula is C29H33F3N6O13P2. The van der Waals surface area contributed by atoms with Gasteiger partial charge in [-0.05, 0) is 39.0 Å². The number of piperidine rings is 1. The summed E-state index contributed by atoms with van der Waals surface area (Å²) in [6.07, 6.45) is -1.75. The maximum Gasteiger partial charge on any atom is 0.412 e. The Morgan fingerprint density at radius 2 is 1.57 bits per heavy atom. The van der Waals surface area contributed by atoms with Gasteiger partial charge in [0.1, 0.15) is 29.4 Å². The number of halogens is 3. The average Bonchev–Trinajstić information content (AvgIpc) is 3.49. The van der Waals surface area contributed by atoms with Gasteiger partial charge in [-0.2, -0.15) is 0 Å². The van der Waals surface area contributed by atoms with Gasteiger partial charge in [0.25, 0.3) is 0 Å². The zero-order valence-electron chi connectivity index (χ0n) is 27.8. The molecule has 2 aliphatic heterocycles. The van der Waals surface area contributed by atoms with Gasteiger partial charge >= 0.3 is 32.3 Å². The predicted octanol–water partition coefficient (Wildman–Crippen LogP) is 0.815. The number of carboxylic acid groups (broad SMARTS) is 1. The average molecular weight is 793 g/mol. The highest BCUT2D eigenvalue weighted by atomic mass is 31.2. The van der Waals surface area contributed by atoms with Crippen LogP contribution in [-0.4, -0.2) is 107 Å². The summed E-state index contributed by atoms with van der Waals surface area (Å²) in [5, 5.41) is 7.91. The maximum absolute atomic E-state index is 15.7. The van der Waals surface area contributed by atoms with Gasteiger partial charge in [0, 0.05) is 43.6 Å². The molecule has 0 radical (unpaired) electrons. The number of Topliss-reactive ketones (excluding diaryl/α,β-unsaturated/α-hetero) is 1. The fourth-order valence-corrected chi connectivity index (χ4v) is 8.06. The van der Waals surface area contributed by atoms with E-state index in [-0.39, 0.29) is 24.6 Å². The minimum absolute atomic E-state index is 0.153. The number of rotatable bonds is 10. The van der Waals surface area contributed by atoms with Crippen molar-refractivity contribution >= 4 is 62.2 Å². The molecule has 0 spiro atoms. The molecule has 24 heteroatoms. The number of carbonyl (C=O) groups excluding carboxylic acids is 4.